The van der Waals surface area contributed by atoms with E-state index in [1.807, 2.05) is 0 Å². The van der Waals surface area contributed by atoms with Gasteiger partial charge in [-0.05, 0) is 77.0 Å². The summed E-state index contributed by atoms with van der Waals surface area (Å²) in [5, 5.41) is 23.2. The van der Waals surface area contributed by atoms with Crippen LogP contribution in [-0.2, 0) is 14.3 Å². The van der Waals surface area contributed by atoms with Crippen LogP contribution in [0.15, 0.2) is 24.3 Å². The molecule has 342 valence electrons. The zero-order valence-corrected chi connectivity index (χ0v) is 38.8. The number of amides is 1. The summed E-state index contributed by atoms with van der Waals surface area (Å²) in [4.78, 5) is 24.4. The van der Waals surface area contributed by atoms with Crippen molar-refractivity contribution in [1.82, 2.24) is 5.32 Å². The van der Waals surface area contributed by atoms with Crippen LogP contribution in [0.25, 0.3) is 0 Å². The van der Waals surface area contributed by atoms with Crippen LogP contribution in [0.3, 0.4) is 0 Å². The molecule has 0 rings (SSSR count). The zero-order valence-electron chi connectivity index (χ0n) is 38.8. The molecule has 0 aliphatic heterocycles. The largest absolute Gasteiger partial charge is 0.466 e. The maximum atomic E-state index is 12.4. The fourth-order valence-electron chi connectivity index (χ4n) is 7.74. The van der Waals surface area contributed by atoms with Crippen molar-refractivity contribution in [2.75, 3.05) is 13.2 Å². The van der Waals surface area contributed by atoms with E-state index in [9.17, 15) is 19.8 Å². The van der Waals surface area contributed by atoms with Gasteiger partial charge in [0, 0.05) is 12.8 Å². The Labute approximate surface area is 361 Å². The lowest BCUT2D eigenvalue weighted by Gasteiger charge is -2.22. The first kappa shape index (κ1) is 56.3. The van der Waals surface area contributed by atoms with Crippen LogP contribution < -0.4 is 5.32 Å². The molecule has 0 saturated heterocycles. The predicted octanol–water partition coefficient (Wildman–Crippen LogP) is 15.1. The minimum absolute atomic E-state index is 0.0412. The van der Waals surface area contributed by atoms with Crippen molar-refractivity contribution in [3.05, 3.63) is 24.3 Å². The van der Waals surface area contributed by atoms with Gasteiger partial charge >= 0.3 is 5.97 Å². The number of unbranched alkanes of at least 4 members (excludes halogenated alkanes) is 32. The van der Waals surface area contributed by atoms with Gasteiger partial charge in [-0.3, -0.25) is 9.59 Å². The van der Waals surface area contributed by atoms with E-state index in [-0.39, 0.29) is 18.5 Å². The Morgan fingerprint density at radius 3 is 1.26 bits per heavy atom. The van der Waals surface area contributed by atoms with Gasteiger partial charge in [-0.25, -0.2) is 0 Å². The lowest BCUT2D eigenvalue weighted by molar-refractivity contribution is -0.143. The highest BCUT2D eigenvalue weighted by atomic mass is 16.5. The van der Waals surface area contributed by atoms with Gasteiger partial charge in [0.15, 0.2) is 0 Å². The first-order valence-corrected chi connectivity index (χ1v) is 25.6. The summed E-state index contributed by atoms with van der Waals surface area (Å²) in [5.74, 6) is -0.105. The Hall–Kier alpha value is -1.66. The fraction of sp³-hybridized carbons (Fsp3) is 0.885. The van der Waals surface area contributed by atoms with Gasteiger partial charge in [-0.2, -0.15) is 0 Å². The Balaban J connectivity index is 3.53. The molecular weight excluding hydrogens is 719 g/mol. The number of allylic oxidation sites excluding steroid dienone is 4. The second-order valence-electron chi connectivity index (χ2n) is 17.5. The number of ether oxygens (including phenoxy) is 1. The molecule has 0 aromatic heterocycles. The highest BCUT2D eigenvalue weighted by Gasteiger charge is 2.20. The number of nitrogens with one attached hydrogen (secondary N) is 1. The molecule has 0 aromatic carbocycles. The van der Waals surface area contributed by atoms with Crippen LogP contribution in [0.1, 0.15) is 271 Å². The SMILES string of the molecule is CCCCC/C=C\CCCCCCCC(=O)OCCCC/C=C\CCCCCCCC(=O)NC(CO)C(O)CCCCCCCCCCCCCCCCCCCC. The van der Waals surface area contributed by atoms with Gasteiger partial charge in [0.05, 0.1) is 25.4 Å². The third-order valence-electron chi connectivity index (χ3n) is 11.7. The van der Waals surface area contributed by atoms with E-state index in [4.69, 9.17) is 4.74 Å². The quantitative estimate of drug-likeness (QED) is 0.0323. The minimum Gasteiger partial charge on any atom is -0.466 e. The average molecular weight is 818 g/mol. The van der Waals surface area contributed by atoms with E-state index in [0.717, 1.165) is 83.5 Å². The third kappa shape index (κ3) is 43.9. The molecule has 0 fully saturated rings. The summed E-state index contributed by atoms with van der Waals surface area (Å²) >= 11 is 0. The Morgan fingerprint density at radius 1 is 0.466 bits per heavy atom. The van der Waals surface area contributed by atoms with Crippen molar-refractivity contribution in [1.29, 1.82) is 0 Å². The molecule has 0 heterocycles. The number of aliphatic hydroxyl groups excluding tert-OH is 2. The van der Waals surface area contributed by atoms with Gasteiger partial charge < -0.3 is 20.3 Å². The van der Waals surface area contributed by atoms with Crippen molar-refractivity contribution in [3.63, 3.8) is 0 Å². The first-order chi connectivity index (χ1) is 28.5. The summed E-state index contributed by atoms with van der Waals surface area (Å²) in [6, 6.07) is -0.563. The molecule has 0 saturated carbocycles. The van der Waals surface area contributed by atoms with Gasteiger partial charge in [0.1, 0.15) is 0 Å². The molecule has 6 nitrogen and oxygen atoms in total. The second kappa shape index (κ2) is 48.0. The van der Waals surface area contributed by atoms with E-state index in [1.165, 1.54) is 154 Å². The van der Waals surface area contributed by atoms with Crippen LogP contribution in [0.4, 0.5) is 0 Å². The van der Waals surface area contributed by atoms with E-state index in [1.54, 1.807) is 0 Å². The number of hydrogen-bond donors (Lipinski definition) is 3. The number of rotatable bonds is 47. The first-order valence-electron chi connectivity index (χ1n) is 25.6. The van der Waals surface area contributed by atoms with Crippen molar-refractivity contribution in [3.8, 4) is 0 Å². The molecule has 0 aromatic rings. The van der Waals surface area contributed by atoms with Gasteiger partial charge in [0.2, 0.25) is 5.91 Å². The smallest absolute Gasteiger partial charge is 0.305 e. The molecule has 0 bridgehead atoms. The maximum absolute atomic E-state index is 12.4. The highest BCUT2D eigenvalue weighted by Crippen LogP contribution is 2.16. The molecule has 0 spiro atoms. The molecule has 2 atom stereocenters. The lowest BCUT2D eigenvalue weighted by Crippen LogP contribution is -2.45. The maximum Gasteiger partial charge on any atom is 0.305 e. The highest BCUT2D eigenvalue weighted by molar-refractivity contribution is 5.76. The number of esters is 1. The van der Waals surface area contributed by atoms with Crippen molar-refractivity contribution in [2.24, 2.45) is 0 Å². The van der Waals surface area contributed by atoms with Crippen LogP contribution >= 0.6 is 0 Å². The molecule has 0 aliphatic rings. The molecular formula is C52H99NO5. The standard InChI is InChI=1S/C52H99NO5/c1-3-5-7-9-11-13-15-17-18-19-20-21-22-24-28-32-36-40-44-50(55)49(48-54)53-51(56)45-41-37-33-29-25-23-27-31-35-39-43-47-58-52(57)46-42-38-34-30-26-16-14-12-10-8-6-4-2/h12,14,27,31,49-50,54-55H,3-11,13,15-26,28-30,32-48H2,1-2H3,(H,53,56)/b14-12-,31-27-. The minimum atomic E-state index is -0.682. The van der Waals surface area contributed by atoms with Crippen LogP contribution in [0.5, 0.6) is 0 Å². The summed E-state index contributed by atoms with van der Waals surface area (Å²) < 4.78 is 5.42. The van der Waals surface area contributed by atoms with E-state index in [0.29, 0.717) is 25.9 Å². The predicted molar refractivity (Wildman–Crippen MR) is 250 cm³/mol. The number of aliphatic hydroxyl groups is 2. The van der Waals surface area contributed by atoms with Crippen molar-refractivity contribution < 1.29 is 24.5 Å². The number of hydrogen-bond acceptors (Lipinski definition) is 5. The Morgan fingerprint density at radius 2 is 0.810 bits per heavy atom. The topological polar surface area (TPSA) is 95.9 Å². The normalized spacial score (nSPS) is 12.8. The Kier molecular flexibility index (Phi) is 46.6. The third-order valence-corrected chi connectivity index (χ3v) is 11.7. The molecule has 6 heteroatoms. The molecule has 0 aliphatic carbocycles. The average Bonchev–Trinajstić information content (AvgIpc) is 3.22. The fourth-order valence-corrected chi connectivity index (χ4v) is 7.74. The van der Waals surface area contributed by atoms with E-state index in [2.05, 4.69) is 43.5 Å². The van der Waals surface area contributed by atoms with Crippen LogP contribution in [0, 0.1) is 0 Å². The summed E-state index contributed by atoms with van der Waals surface area (Å²) in [6.45, 7) is 4.85. The molecule has 0 radical (unpaired) electrons. The molecule has 1 amide bonds. The second-order valence-corrected chi connectivity index (χ2v) is 17.5. The lowest BCUT2D eigenvalue weighted by atomic mass is 10.0. The van der Waals surface area contributed by atoms with Crippen LogP contribution in [0.2, 0.25) is 0 Å². The van der Waals surface area contributed by atoms with Gasteiger partial charge in [-0.15, -0.1) is 0 Å². The van der Waals surface area contributed by atoms with E-state index < -0.39 is 12.1 Å². The summed E-state index contributed by atoms with van der Waals surface area (Å²) in [7, 11) is 0. The van der Waals surface area contributed by atoms with E-state index >= 15 is 0 Å². The van der Waals surface area contributed by atoms with Gasteiger partial charge in [0.25, 0.3) is 0 Å². The molecule has 2 unspecified atom stereocenters. The zero-order chi connectivity index (χ0) is 42.3. The summed E-state index contributed by atoms with van der Waals surface area (Å²) in [5.41, 5.74) is 0. The Bertz CT molecular complexity index is 904. The number of carbonyl (C=O) groups is 2. The molecule has 58 heavy (non-hydrogen) atoms. The van der Waals surface area contributed by atoms with Gasteiger partial charge in [-0.1, -0.05) is 205 Å². The van der Waals surface area contributed by atoms with Crippen molar-refractivity contribution in [2.45, 2.75) is 283 Å². The number of carbonyl (C=O) groups excluding carboxylic acids is 2. The van der Waals surface area contributed by atoms with Crippen molar-refractivity contribution >= 4 is 11.9 Å². The monoisotopic (exact) mass is 818 g/mol. The van der Waals surface area contributed by atoms with Crippen LogP contribution in [-0.4, -0.2) is 47.4 Å². The molecule has 3 N–H and O–H groups in total. The summed E-state index contributed by atoms with van der Waals surface area (Å²) in [6.07, 6.45) is 55.7.